The predicted octanol–water partition coefficient (Wildman–Crippen LogP) is 5.94. The molecule has 0 unspecified atom stereocenters. The first-order valence-electron chi connectivity index (χ1n) is 10.5. The summed E-state index contributed by atoms with van der Waals surface area (Å²) in [4.78, 5) is 31.1. The minimum Gasteiger partial charge on any atom is -0.362 e. The first kappa shape index (κ1) is 22.6. The fourth-order valence-corrected chi connectivity index (χ4v) is 4.93. The van der Waals surface area contributed by atoms with Crippen LogP contribution in [0.3, 0.4) is 0 Å². The van der Waals surface area contributed by atoms with Crippen molar-refractivity contribution in [3.63, 3.8) is 0 Å². The molecule has 2 heterocycles. The van der Waals surface area contributed by atoms with Crippen LogP contribution in [-0.4, -0.2) is 16.7 Å². The normalized spacial score (nSPS) is 20.1. The second-order valence-corrected chi connectivity index (χ2v) is 10.0. The van der Waals surface area contributed by atoms with Crippen LogP contribution in [-0.2, 0) is 9.59 Å². The number of Topliss-reactive ketones (excluding diaryl/α,β-unsaturated/α-hetero) is 1. The Morgan fingerprint density at radius 3 is 2.59 bits per heavy atom. The number of anilines is 1. The van der Waals surface area contributed by atoms with Gasteiger partial charge in [-0.05, 0) is 48.9 Å². The molecule has 0 saturated heterocycles. The van der Waals surface area contributed by atoms with E-state index in [1.165, 1.54) is 0 Å². The first-order valence-corrected chi connectivity index (χ1v) is 11.2. The number of nitrogens with one attached hydrogen (secondary N) is 2. The summed E-state index contributed by atoms with van der Waals surface area (Å²) in [6.45, 7) is 7.92. The van der Waals surface area contributed by atoms with Gasteiger partial charge in [-0.1, -0.05) is 55.2 Å². The molecule has 0 fully saturated rings. The maximum atomic E-state index is 13.5. The lowest BCUT2D eigenvalue weighted by atomic mass is 9.68. The van der Waals surface area contributed by atoms with Crippen LogP contribution in [0.2, 0.25) is 10.0 Å². The number of allylic oxidation sites excluding steroid dienone is 3. The lowest BCUT2D eigenvalue weighted by Gasteiger charge is -2.39. The number of amides is 1. The van der Waals surface area contributed by atoms with Gasteiger partial charge in [0.25, 0.3) is 5.91 Å². The number of nitrogens with zero attached hydrogens (tertiary/aromatic N) is 1. The van der Waals surface area contributed by atoms with Crippen LogP contribution < -0.4 is 10.6 Å². The summed E-state index contributed by atoms with van der Waals surface area (Å²) in [6, 6.07) is 8.94. The van der Waals surface area contributed by atoms with Crippen LogP contribution in [0.15, 0.2) is 59.1 Å². The minimum absolute atomic E-state index is 0.0102. The molecule has 1 amide bonds. The third kappa shape index (κ3) is 4.19. The van der Waals surface area contributed by atoms with Crippen molar-refractivity contribution in [2.24, 2.45) is 5.41 Å². The Hall–Kier alpha value is -2.63. The van der Waals surface area contributed by atoms with Gasteiger partial charge in [-0.25, -0.2) is 4.98 Å². The number of aryl methyl sites for hydroxylation is 1. The van der Waals surface area contributed by atoms with E-state index in [1.807, 2.05) is 26.0 Å². The average Bonchev–Trinajstić information content (AvgIpc) is 2.69. The Bertz CT molecular complexity index is 1180. The number of hydrogen-bond donors (Lipinski definition) is 2. The lowest BCUT2D eigenvalue weighted by molar-refractivity contribution is -0.118. The zero-order chi connectivity index (χ0) is 23.2. The molecule has 2 aromatic rings. The summed E-state index contributed by atoms with van der Waals surface area (Å²) < 4.78 is 0. The number of carbonyl (C=O) groups is 2. The fraction of sp³-hybridized carbons (Fsp3) is 0.320. The molecule has 4 rings (SSSR count). The van der Waals surface area contributed by atoms with Crippen molar-refractivity contribution >= 4 is 40.7 Å². The molecule has 166 valence electrons. The van der Waals surface area contributed by atoms with E-state index in [2.05, 4.69) is 29.5 Å². The zero-order valence-electron chi connectivity index (χ0n) is 18.5. The van der Waals surface area contributed by atoms with Gasteiger partial charge in [-0.2, -0.15) is 0 Å². The smallest absolute Gasteiger partial charge is 0.255 e. The van der Waals surface area contributed by atoms with Crippen molar-refractivity contribution < 1.29 is 9.59 Å². The third-order valence-corrected chi connectivity index (χ3v) is 6.76. The Labute approximate surface area is 197 Å². The maximum absolute atomic E-state index is 13.5. The summed E-state index contributed by atoms with van der Waals surface area (Å²) in [5.74, 6) is -0.508. The predicted molar refractivity (Wildman–Crippen MR) is 128 cm³/mol. The van der Waals surface area contributed by atoms with Gasteiger partial charge in [0.1, 0.15) is 5.82 Å². The molecule has 5 nitrogen and oxygen atoms in total. The van der Waals surface area contributed by atoms with Gasteiger partial charge >= 0.3 is 0 Å². The molecule has 1 aliphatic carbocycles. The van der Waals surface area contributed by atoms with Gasteiger partial charge in [0.15, 0.2) is 5.78 Å². The molecule has 1 aromatic heterocycles. The van der Waals surface area contributed by atoms with Crippen molar-refractivity contribution in [2.75, 3.05) is 5.32 Å². The molecule has 0 spiro atoms. The fourth-order valence-electron chi connectivity index (χ4n) is 4.52. The number of benzene rings is 1. The van der Waals surface area contributed by atoms with E-state index in [0.29, 0.717) is 51.1 Å². The molecular formula is C25H25Cl2N3O2. The minimum atomic E-state index is -0.619. The first-order chi connectivity index (χ1) is 15.1. The summed E-state index contributed by atoms with van der Waals surface area (Å²) in [7, 11) is 0. The standard InChI is InChI=1S/C25H25Cl2N3O2/c1-13-8-9-19(28-12-13)30-24(32)20-14(2)29-17-10-25(3,4)11-18(31)22(17)21(20)15-6-5-7-16(26)23(15)27/h5-9,12,21,29H,10-11H2,1-4H3,(H,28,30,32)/t21-/m0/s1. The number of ketones is 1. The van der Waals surface area contributed by atoms with Crippen LogP contribution in [0.4, 0.5) is 5.82 Å². The van der Waals surface area contributed by atoms with Gasteiger partial charge in [-0.3, -0.25) is 9.59 Å². The topological polar surface area (TPSA) is 71.1 Å². The number of halogens is 2. The molecule has 7 heteroatoms. The second kappa shape index (κ2) is 8.38. The summed E-state index contributed by atoms with van der Waals surface area (Å²) >= 11 is 12.9. The Kier molecular flexibility index (Phi) is 5.91. The zero-order valence-corrected chi connectivity index (χ0v) is 20.0. The molecule has 1 aromatic carbocycles. The SMILES string of the molecule is CC1=C(C(=O)Nc2ccc(C)cn2)[C@H](c2cccc(Cl)c2Cl)C2=C(CC(C)(C)CC2=O)N1. The Balaban J connectivity index is 1.84. The highest BCUT2D eigenvalue weighted by Gasteiger charge is 2.43. The van der Waals surface area contributed by atoms with Crippen LogP contribution >= 0.6 is 23.2 Å². The van der Waals surface area contributed by atoms with Crippen LogP contribution in [0.25, 0.3) is 0 Å². The number of rotatable bonds is 3. The van der Waals surface area contributed by atoms with Gasteiger partial charge < -0.3 is 10.6 Å². The van der Waals surface area contributed by atoms with Crippen LogP contribution in [0, 0.1) is 12.3 Å². The second-order valence-electron chi connectivity index (χ2n) is 9.25. The molecule has 1 aliphatic heterocycles. The summed E-state index contributed by atoms with van der Waals surface area (Å²) in [6.07, 6.45) is 2.79. The number of pyridine rings is 1. The monoisotopic (exact) mass is 469 g/mol. The van der Waals surface area contributed by atoms with Crippen molar-refractivity contribution in [3.05, 3.63) is 80.2 Å². The number of dihydropyridines is 1. The molecule has 0 saturated carbocycles. The quantitative estimate of drug-likeness (QED) is 0.583. The van der Waals surface area contributed by atoms with Crippen LogP contribution in [0.1, 0.15) is 50.7 Å². The van der Waals surface area contributed by atoms with E-state index in [1.54, 1.807) is 24.4 Å². The van der Waals surface area contributed by atoms with Crippen LogP contribution in [0.5, 0.6) is 0 Å². The van der Waals surface area contributed by atoms with Crippen molar-refractivity contribution in [1.82, 2.24) is 10.3 Å². The van der Waals surface area contributed by atoms with Gasteiger partial charge in [-0.15, -0.1) is 0 Å². The number of hydrogen-bond acceptors (Lipinski definition) is 4. The summed E-state index contributed by atoms with van der Waals surface area (Å²) in [5.41, 5.74) is 4.01. The van der Waals surface area contributed by atoms with Crippen molar-refractivity contribution in [1.29, 1.82) is 0 Å². The molecule has 0 radical (unpaired) electrons. The molecule has 1 atom stereocenters. The highest BCUT2D eigenvalue weighted by atomic mass is 35.5. The number of aromatic nitrogens is 1. The van der Waals surface area contributed by atoms with Gasteiger partial charge in [0.2, 0.25) is 0 Å². The van der Waals surface area contributed by atoms with E-state index < -0.39 is 5.92 Å². The average molecular weight is 470 g/mol. The van der Waals surface area contributed by atoms with E-state index in [4.69, 9.17) is 23.2 Å². The van der Waals surface area contributed by atoms with Crippen molar-refractivity contribution in [3.8, 4) is 0 Å². The number of carbonyl (C=O) groups excluding carboxylic acids is 2. The lowest BCUT2D eigenvalue weighted by Crippen LogP contribution is -2.39. The summed E-state index contributed by atoms with van der Waals surface area (Å²) in [5, 5.41) is 6.94. The third-order valence-electron chi connectivity index (χ3n) is 5.93. The molecule has 32 heavy (non-hydrogen) atoms. The molecule has 2 N–H and O–H groups in total. The van der Waals surface area contributed by atoms with Gasteiger partial charge in [0.05, 0.1) is 10.0 Å². The molecule has 2 aliphatic rings. The molecular weight excluding hydrogens is 445 g/mol. The Morgan fingerprint density at radius 1 is 1.16 bits per heavy atom. The van der Waals surface area contributed by atoms with Crippen molar-refractivity contribution in [2.45, 2.75) is 46.5 Å². The van der Waals surface area contributed by atoms with E-state index in [0.717, 1.165) is 11.3 Å². The van der Waals surface area contributed by atoms with E-state index in [9.17, 15) is 9.59 Å². The Morgan fingerprint density at radius 2 is 1.91 bits per heavy atom. The highest BCUT2D eigenvalue weighted by molar-refractivity contribution is 6.42. The highest BCUT2D eigenvalue weighted by Crippen LogP contribution is 2.48. The molecule has 0 bridgehead atoms. The maximum Gasteiger partial charge on any atom is 0.255 e. The van der Waals surface area contributed by atoms with E-state index >= 15 is 0 Å². The largest absolute Gasteiger partial charge is 0.362 e. The van der Waals surface area contributed by atoms with Gasteiger partial charge in [0, 0.05) is 41.1 Å². The van der Waals surface area contributed by atoms with E-state index in [-0.39, 0.29) is 17.1 Å².